The van der Waals surface area contributed by atoms with Crippen molar-refractivity contribution in [3.05, 3.63) is 35.7 Å². The molecule has 1 atom stereocenters. The molecule has 1 aliphatic heterocycles. The Morgan fingerprint density at radius 1 is 1.33 bits per heavy atom. The standard InChI is InChI=1S/C15H17FN2O5S/c1-23-13-4-2-10(8-12(13)16)3-5-14(19)17-18-15(20)11-6-7-24(21,22)9-11/h2-5,8,11H,6-7,9H2,1H3,(H,17,19)(H,18,20)/b5-3+/t11-/m1/s1. The minimum Gasteiger partial charge on any atom is -0.494 e. The number of methoxy groups -OCH3 is 1. The van der Waals surface area contributed by atoms with E-state index in [0.717, 1.165) is 6.08 Å². The fraction of sp³-hybridized carbons (Fsp3) is 0.333. The van der Waals surface area contributed by atoms with Crippen molar-refractivity contribution in [2.75, 3.05) is 18.6 Å². The average Bonchev–Trinajstić information content (AvgIpc) is 2.91. The highest BCUT2D eigenvalue weighted by atomic mass is 32.2. The molecule has 1 heterocycles. The van der Waals surface area contributed by atoms with Gasteiger partial charge in [0.15, 0.2) is 21.4 Å². The predicted molar refractivity (Wildman–Crippen MR) is 85.0 cm³/mol. The topological polar surface area (TPSA) is 102 Å². The zero-order valence-corrected chi connectivity index (χ0v) is 13.7. The lowest BCUT2D eigenvalue weighted by Crippen LogP contribution is -2.44. The summed E-state index contributed by atoms with van der Waals surface area (Å²) < 4.78 is 40.9. The second kappa shape index (κ2) is 7.43. The van der Waals surface area contributed by atoms with E-state index in [2.05, 4.69) is 10.9 Å². The number of halogens is 1. The summed E-state index contributed by atoms with van der Waals surface area (Å²) in [5.74, 6) is -2.53. The van der Waals surface area contributed by atoms with Crippen molar-refractivity contribution in [3.63, 3.8) is 0 Å². The van der Waals surface area contributed by atoms with Crippen molar-refractivity contribution in [3.8, 4) is 5.75 Å². The van der Waals surface area contributed by atoms with Gasteiger partial charge in [0.2, 0.25) is 5.91 Å². The molecule has 0 radical (unpaired) electrons. The Labute approximate surface area is 138 Å². The first-order valence-electron chi connectivity index (χ1n) is 7.12. The number of hydrogen-bond acceptors (Lipinski definition) is 5. The lowest BCUT2D eigenvalue weighted by molar-refractivity contribution is -0.129. The molecule has 0 spiro atoms. The molecule has 1 fully saturated rings. The van der Waals surface area contributed by atoms with Gasteiger partial charge in [-0.05, 0) is 30.2 Å². The van der Waals surface area contributed by atoms with Gasteiger partial charge in [0.25, 0.3) is 5.91 Å². The highest BCUT2D eigenvalue weighted by Gasteiger charge is 2.32. The van der Waals surface area contributed by atoms with E-state index in [0.29, 0.717) is 5.56 Å². The van der Waals surface area contributed by atoms with Gasteiger partial charge in [-0.3, -0.25) is 20.4 Å². The number of hydrazine groups is 1. The third kappa shape index (κ3) is 4.79. The van der Waals surface area contributed by atoms with Crippen molar-refractivity contribution < 1.29 is 27.1 Å². The highest BCUT2D eigenvalue weighted by molar-refractivity contribution is 7.91. The molecule has 0 unspecified atom stereocenters. The minimum atomic E-state index is -3.17. The van der Waals surface area contributed by atoms with E-state index in [4.69, 9.17) is 4.74 Å². The molecule has 0 aromatic heterocycles. The first-order chi connectivity index (χ1) is 11.3. The first kappa shape index (κ1) is 17.9. The molecular weight excluding hydrogens is 339 g/mol. The number of nitrogens with one attached hydrogen (secondary N) is 2. The highest BCUT2D eigenvalue weighted by Crippen LogP contribution is 2.19. The van der Waals surface area contributed by atoms with E-state index in [9.17, 15) is 22.4 Å². The second-order valence-corrected chi connectivity index (χ2v) is 7.53. The summed E-state index contributed by atoms with van der Waals surface area (Å²) in [6.07, 6.45) is 2.72. The van der Waals surface area contributed by atoms with Gasteiger partial charge in [0, 0.05) is 6.08 Å². The van der Waals surface area contributed by atoms with Gasteiger partial charge >= 0.3 is 0 Å². The van der Waals surface area contributed by atoms with Crippen LogP contribution in [-0.2, 0) is 19.4 Å². The third-order valence-corrected chi connectivity index (χ3v) is 5.28. The van der Waals surface area contributed by atoms with Gasteiger partial charge in [0.1, 0.15) is 0 Å². The Bertz CT molecular complexity index is 776. The minimum absolute atomic E-state index is 0.0258. The molecular formula is C15H17FN2O5S. The number of carbonyl (C=O) groups is 2. The van der Waals surface area contributed by atoms with E-state index < -0.39 is 33.4 Å². The predicted octanol–water partition coefficient (Wildman–Crippen LogP) is 0.430. The van der Waals surface area contributed by atoms with E-state index in [1.807, 2.05) is 0 Å². The maximum Gasteiger partial charge on any atom is 0.262 e. The second-order valence-electron chi connectivity index (χ2n) is 5.31. The summed E-state index contributed by atoms with van der Waals surface area (Å²) in [4.78, 5) is 23.4. The van der Waals surface area contributed by atoms with Crippen LogP contribution < -0.4 is 15.6 Å². The summed E-state index contributed by atoms with van der Waals surface area (Å²) in [5, 5.41) is 0. The molecule has 0 bridgehead atoms. The van der Waals surface area contributed by atoms with Crippen LogP contribution in [0, 0.1) is 11.7 Å². The molecule has 7 nitrogen and oxygen atoms in total. The van der Waals surface area contributed by atoms with Crippen LogP contribution in [0.25, 0.3) is 6.08 Å². The quantitative estimate of drug-likeness (QED) is 0.602. The van der Waals surface area contributed by atoms with Crippen molar-refractivity contribution >= 4 is 27.7 Å². The van der Waals surface area contributed by atoms with Gasteiger partial charge in [-0.25, -0.2) is 12.8 Å². The maximum atomic E-state index is 13.5. The van der Waals surface area contributed by atoms with Crippen LogP contribution in [0.3, 0.4) is 0 Å². The van der Waals surface area contributed by atoms with Gasteiger partial charge < -0.3 is 4.74 Å². The van der Waals surface area contributed by atoms with E-state index >= 15 is 0 Å². The van der Waals surface area contributed by atoms with Crippen LogP contribution in [-0.4, -0.2) is 38.8 Å². The normalized spacial score (nSPS) is 19.2. The summed E-state index contributed by atoms with van der Waals surface area (Å²) in [6.45, 7) is 0. The number of amides is 2. The fourth-order valence-electron chi connectivity index (χ4n) is 2.23. The molecule has 2 amide bonds. The zero-order valence-electron chi connectivity index (χ0n) is 12.9. The number of ether oxygens (including phenoxy) is 1. The van der Waals surface area contributed by atoms with Crippen LogP contribution >= 0.6 is 0 Å². The molecule has 1 aromatic rings. The van der Waals surface area contributed by atoms with Gasteiger partial charge in [0.05, 0.1) is 24.5 Å². The SMILES string of the molecule is COc1ccc(/C=C/C(=O)NNC(=O)[C@@H]2CCS(=O)(=O)C2)cc1F. The molecule has 1 saturated heterocycles. The van der Waals surface area contributed by atoms with Crippen LogP contribution in [0.2, 0.25) is 0 Å². The summed E-state index contributed by atoms with van der Waals surface area (Å²) >= 11 is 0. The van der Waals surface area contributed by atoms with Gasteiger partial charge in [-0.1, -0.05) is 6.07 Å². The molecule has 2 N–H and O–H groups in total. The molecule has 0 aliphatic carbocycles. The molecule has 0 saturated carbocycles. The summed E-state index contributed by atoms with van der Waals surface area (Å²) in [7, 11) is -1.82. The Kier molecular flexibility index (Phi) is 5.55. The number of rotatable bonds is 4. The van der Waals surface area contributed by atoms with E-state index in [-0.39, 0.29) is 23.7 Å². The van der Waals surface area contributed by atoms with E-state index in [1.54, 1.807) is 6.07 Å². The number of sulfone groups is 1. The monoisotopic (exact) mass is 356 g/mol. The lowest BCUT2D eigenvalue weighted by Gasteiger charge is -2.09. The lowest BCUT2D eigenvalue weighted by atomic mass is 10.1. The molecule has 2 rings (SSSR count). The number of hydrogen-bond donors (Lipinski definition) is 2. The average molecular weight is 356 g/mol. The largest absolute Gasteiger partial charge is 0.494 e. The zero-order chi connectivity index (χ0) is 17.7. The fourth-order valence-corrected chi connectivity index (χ4v) is 3.97. The Balaban J connectivity index is 1.85. The summed E-state index contributed by atoms with van der Waals surface area (Å²) in [6, 6.07) is 4.19. The van der Waals surface area contributed by atoms with Gasteiger partial charge in [-0.2, -0.15) is 0 Å². The van der Waals surface area contributed by atoms with Crippen LogP contribution in [0.4, 0.5) is 4.39 Å². The van der Waals surface area contributed by atoms with Crippen molar-refractivity contribution in [1.29, 1.82) is 0 Å². The maximum absolute atomic E-state index is 13.5. The molecule has 24 heavy (non-hydrogen) atoms. The first-order valence-corrected chi connectivity index (χ1v) is 8.95. The van der Waals surface area contributed by atoms with Crippen LogP contribution in [0.1, 0.15) is 12.0 Å². The molecule has 9 heteroatoms. The Morgan fingerprint density at radius 3 is 2.67 bits per heavy atom. The van der Waals surface area contributed by atoms with Crippen LogP contribution in [0.15, 0.2) is 24.3 Å². The van der Waals surface area contributed by atoms with Crippen molar-refractivity contribution in [2.45, 2.75) is 6.42 Å². The van der Waals surface area contributed by atoms with Crippen LogP contribution in [0.5, 0.6) is 5.75 Å². The third-order valence-electron chi connectivity index (χ3n) is 3.52. The van der Waals surface area contributed by atoms with E-state index in [1.165, 1.54) is 25.3 Å². The Hall–Kier alpha value is -2.42. The van der Waals surface area contributed by atoms with Gasteiger partial charge in [-0.15, -0.1) is 0 Å². The number of carbonyl (C=O) groups excluding carboxylic acids is 2. The molecule has 1 aliphatic rings. The van der Waals surface area contributed by atoms with Crippen molar-refractivity contribution in [1.82, 2.24) is 10.9 Å². The number of benzene rings is 1. The molecule has 1 aromatic carbocycles. The summed E-state index contributed by atoms with van der Waals surface area (Å²) in [5.41, 5.74) is 4.78. The Morgan fingerprint density at radius 2 is 2.08 bits per heavy atom. The smallest absolute Gasteiger partial charge is 0.262 e. The molecule has 130 valence electrons. The van der Waals surface area contributed by atoms with Crippen molar-refractivity contribution in [2.24, 2.45) is 5.92 Å².